The lowest BCUT2D eigenvalue weighted by molar-refractivity contribution is 0.299. The van der Waals surface area contributed by atoms with Gasteiger partial charge in [0.05, 0.1) is 0 Å². The van der Waals surface area contributed by atoms with Crippen molar-refractivity contribution in [3.8, 4) is 11.6 Å². The Morgan fingerprint density at radius 2 is 1.95 bits per heavy atom. The van der Waals surface area contributed by atoms with Gasteiger partial charge in [-0.25, -0.2) is 4.98 Å². The van der Waals surface area contributed by atoms with Crippen molar-refractivity contribution in [3.63, 3.8) is 0 Å². The molecule has 1 aromatic carbocycles. The van der Waals surface area contributed by atoms with E-state index in [0.29, 0.717) is 18.8 Å². The van der Waals surface area contributed by atoms with E-state index in [1.807, 2.05) is 37.3 Å². The molecule has 3 N–H and O–H groups in total. The first-order valence-electron chi connectivity index (χ1n) is 6.26. The average Bonchev–Trinajstić information content (AvgIpc) is 2.43. The number of aliphatic hydroxyl groups is 1. The summed E-state index contributed by atoms with van der Waals surface area (Å²) in [5.74, 6) is 1.32. The van der Waals surface area contributed by atoms with Gasteiger partial charge in [0.2, 0.25) is 5.88 Å². The average molecular weight is 258 g/mol. The molecule has 0 aliphatic rings. The van der Waals surface area contributed by atoms with E-state index >= 15 is 0 Å². The fourth-order valence-corrected chi connectivity index (χ4v) is 1.80. The van der Waals surface area contributed by atoms with Crippen molar-refractivity contribution in [1.82, 2.24) is 4.98 Å². The summed E-state index contributed by atoms with van der Waals surface area (Å²) in [7, 11) is 0. The molecular weight excluding hydrogens is 240 g/mol. The zero-order chi connectivity index (χ0) is 13.7. The van der Waals surface area contributed by atoms with Crippen molar-refractivity contribution >= 4 is 0 Å². The van der Waals surface area contributed by atoms with E-state index in [4.69, 9.17) is 15.6 Å². The Hall–Kier alpha value is -1.91. The molecule has 2 aromatic rings. The third kappa shape index (κ3) is 3.53. The van der Waals surface area contributed by atoms with Crippen LogP contribution < -0.4 is 10.5 Å². The van der Waals surface area contributed by atoms with E-state index < -0.39 is 0 Å². The van der Waals surface area contributed by atoms with E-state index in [1.54, 1.807) is 6.20 Å². The molecule has 1 heterocycles. The Bertz CT molecular complexity index is 538. The van der Waals surface area contributed by atoms with E-state index in [0.717, 1.165) is 22.4 Å². The lowest BCUT2D eigenvalue weighted by Gasteiger charge is -2.09. The smallest absolute Gasteiger partial charge is 0.222 e. The van der Waals surface area contributed by atoms with Crippen LogP contribution >= 0.6 is 0 Å². The minimum absolute atomic E-state index is 0.154. The van der Waals surface area contributed by atoms with Gasteiger partial charge in [0.25, 0.3) is 0 Å². The molecule has 4 heteroatoms. The van der Waals surface area contributed by atoms with Crippen LogP contribution in [0.1, 0.15) is 16.7 Å². The highest BCUT2D eigenvalue weighted by atomic mass is 16.5. The molecule has 0 aliphatic carbocycles. The van der Waals surface area contributed by atoms with Crippen LogP contribution in [-0.2, 0) is 13.0 Å². The van der Waals surface area contributed by atoms with Gasteiger partial charge < -0.3 is 15.6 Å². The van der Waals surface area contributed by atoms with Gasteiger partial charge in [-0.05, 0) is 42.7 Å². The second-order valence-electron chi connectivity index (χ2n) is 4.39. The van der Waals surface area contributed by atoms with Gasteiger partial charge in [-0.15, -0.1) is 0 Å². The summed E-state index contributed by atoms with van der Waals surface area (Å²) >= 11 is 0. The molecule has 0 spiro atoms. The van der Waals surface area contributed by atoms with Crippen LogP contribution in [0.3, 0.4) is 0 Å². The van der Waals surface area contributed by atoms with Crippen LogP contribution in [0.5, 0.6) is 11.6 Å². The first kappa shape index (κ1) is 13.5. The van der Waals surface area contributed by atoms with Gasteiger partial charge in [0, 0.05) is 24.9 Å². The van der Waals surface area contributed by atoms with Gasteiger partial charge in [-0.1, -0.05) is 12.1 Å². The maximum atomic E-state index is 8.86. The van der Waals surface area contributed by atoms with Crippen LogP contribution in [0.4, 0.5) is 0 Å². The van der Waals surface area contributed by atoms with Crippen molar-refractivity contribution in [1.29, 1.82) is 0 Å². The van der Waals surface area contributed by atoms with E-state index in [2.05, 4.69) is 4.98 Å². The van der Waals surface area contributed by atoms with Crippen molar-refractivity contribution in [2.24, 2.45) is 5.73 Å². The molecule has 0 aliphatic heterocycles. The first-order chi connectivity index (χ1) is 9.22. The van der Waals surface area contributed by atoms with Gasteiger partial charge >= 0.3 is 0 Å². The van der Waals surface area contributed by atoms with Crippen LogP contribution in [0.2, 0.25) is 0 Å². The number of aliphatic hydroxyl groups excluding tert-OH is 1. The van der Waals surface area contributed by atoms with Gasteiger partial charge in [-0.3, -0.25) is 0 Å². The van der Waals surface area contributed by atoms with E-state index in [-0.39, 0.29) is 6.61 Å². The van der Waals surface area contributed by atoms with Gasteiger partial charge in [0.1, 0.15) is 5.75 Å². The fourth-order valence-electron chi connectivity index (χ4n) is 1.80. The summed E-state index contributed by atoms with van der Waals surface area (Å²) < 4.78 is 5.73. The maximum absolute atomic E-state index is 8.86. The fraction of sp³-hybridized carbons (Fsp3) is 0.267. The number of aryl methyl sites for hydroxylation is 1. The summed E-state index contributed by atoms with van der Waals surface area (Å²) in [6.07, 6.45) is 2.38. The third-order valence-electron chi connectivity index (χ3n) is 2.86. The number of benzene rings is 1. The molecule has 0 saturated heterocycles. The Morgan fingerprint density at radius 3 is 2.53 bits per heavy atom. The molecule has 0 unspecified atom stereocenters. The molecule has 19 heavy (non-hydrogen) atoms. The second kappa shape index (κ2) is 6.31. The monoisotopic (exact) mass is 258 g/mol. The van der Waals surface area contributed by atoms with Crippen LogP contribution in [0.15, 0.2) is 36.5 Å². The Kier molecular flexibility index (Phi) is 4.49. The van der Waals surface area contributed by atoms with Crippen LogP contribution in [-0.4, -0.2) is 16.7 Å². The highest BCUT2D eigenvalue weighted by molar-refractivity contribution is 5.35. The van der Waals surface area contributed by atoms with Gasteiger partial charge in [0.15, 0.2) is 0 Å². The van der Waals surface area contributed by atoms with Gasteiger partial charge in [-0.2, -0.15) is 0 Å². The minimum atomic E-state index is 0.154. The molecule has 0 amide bonds. The zero-order valence-electron chi connectivity index (χ0n) is 11.0. The third-order valence-corrected chi connectivity index (χ3v) is 2.86. The molecule has 0 bridgehead atoms. The SMILES string of the molecule is Cc1cc(CN)cnc1Oc1ccc(CCO)cc1. The molecule has 100 valence electrons. The molecule has 0 fully saturated rings. The first-order valence-corrected chi connectivity index (χ1v) is 6.26. The van der Waals surface area contributed by atoms with E-state index in [1.165, 1.54) is 0 Å². The molecule has 1 aromatic heterocycles. The molecular formula is C15H18N2O2. The second-order valence-corrected chi connectivity index (χ2v) is 4.39. The number of ether oxygens (including phenoxy) is 1. The standard InChI is InChI=1S/C15H18N2O2/c1-11-8-13(9-16)10-17-15(11)19-14-4-2-12(3-5-14)6-7-18/h2-5,8,10,18H,6-7,9,16H2,1H3. The predicted molar refractivity (Wildman–Crippen MR) is 74.2 cm³/mol. The summed E-state index contributed by atoms with van der Waals surface area (Å²) in [5.41, 5.74) is 8.60. The quantitative estimate of drug-likeness (QED) is 0.862. The number of pyridine rings is 1. The molecule has 0 atom stereocenters. The van der Waals surface area contributed by atoms with Crippen LogP contribution in [0.25, 0.3) is 0 Å². The normalized spacial score (nSPS) is 10.5. The molecule has 2 rings (SSSR count). The molecule has 0 radical (unpaired) electrons. The highest BCUT2D eigenvalue weighted by Crippen LogP contribution is 2.23. The topological polar surface area (TPSA) is 68.4 Å². The zero-order valence-corrected chi connectivity index (χ0v) is 11.0. The number of hydrogen-bond acceptors (Lipinski definition) is 4. The summed E-state index contributed by atoms with van der Waals surface area (Å²) in [5, 5.41) is 8.86. The Morgan fingerprint density at radius 1 is 1.21 bits per heavy atom. The highest BCUT2D eigenvalue weighted by Gasteiger charge is 2.04. The van der Waals surface area contributed by atoms with Crippen LogP contribution in [0, 0.1) is 6.92 Å². The molecule has 4 nitrogen and oxygen atoms in total. The largest absolute Gasteiger partial charge is 0.439 e. The lowest BCUT2D eigenvalue weighted by atomic mass is 10.1. The lowest BCUT2D eigenvalue weighted by Crippen LogP contribution is -1.99. The number of nitrogens with zero attached hydrogens (tertiary/aromatic N) is 1. The Labute approximate surface area is 112 Å². The maximum Gasteiger partial charge on any atom is 0.222 e. The number of rotatable bonds is 5. The Balaban J connectivity index is 2.12. The molecule has 0 saturated carbocycles. The minimum Gasteiger partial charge on any atom is -0.439 e. The van der Waals surface area contributed by atoms with E-state index in [9.17, 15) is 0 Å². The number of aromatic nitrogens is 1. The predicted octanol–water partition coefficient (Wildman–Crippen LogP) is 2.18. The summed E-state index contributed by atoms with van der Waals surface area (Å²) in [4.78, 5) is 4.26. The van der Waals surface area contributed by atoms with Crippen molar-refractivity contribution < 1.29 is 9.84 Å². The summed E-state index contributed by atoms with van der Waals surface area (Å²) in [6.45, 7) is 2.58. The summed E-state index contributed by atoms with van der Waals surface area (Å²) in [6, 6.07) is 9.61. The number of nitrogens with two attached hydrogens (primary N) is 1. The number of hydrogen-bond donors (Lipinski definition) is 2. The van der Waals surface area contributed by atoms with Crippen molar-refractivity contribution in [2.45, 2.75) is 19.9 Å². The van der Waals surface area contributed by atoms with Crippen molar-refractivity contribution in [3.05, 3.63) is 53.2 Å². The van der Waals surface area contributed by atoms with Crippen molar-refractivity contribution in [2.75, 3.05) is 6.61 Å².